The van der Waals surface area contributed by atoms with E-state index in [2.05, 4.69) is 21.6 Å². The van der Waals surface area contributed by atoms with Crippen LogP contribution in [0, 0.1) is 11.3 Å². The average molecular weight is 314 g/mol. The maximum Gasteiger partial charge on any atom is 0.218 e. The van der Waals surface area contributed by atoms with Gasteiger partial charge in [-0.15, -0.1) is 5.10 Å². The number of nitrogens with zero attached hydrogens (tertiary/aromatic N) is 5. The molecule has 21 heavy (non-hydrogen) atoms. The van der Waals surface area contributed by atoms with Crippen LogP contribution in [0.3, 0.4) is 0 Å². The van der Waals surface area contributed by atoms with Gasteiger partial charge in [0.1, 0.15) is 6.07 Å². The van der Waals surface area contributed by atoms with Gasteiger partial charge in [-0.3, -0.25) is 0 Å². The summed E-state index contributed by atoms with van der Waals surface area (Å²) in [6.45, 7) is 0. The van der Waals surface area contributed by atoms with Crippen LogP contribution in [0.25, 0.3) is 5.69 Å². The second-order valence-corrected chi connectivity index (χ2v) is 5.45. The molecule has 0 unspecified atom stereocenters. The molecule has 7 heteroatoms. The monoisotopic (exact) mass is 313 g/mol. The summed E-state index contributed by atoms with van der Waals surface area (Å²) in [4.78, 5) is 0.719. The Labute approximate surface area is 130 Å². The zero-order valence-corrected chi connectivity index (χ0v) is 12.2. The Bertz CT molecular complexity index is 810. The van der Waals surface area contributed by atoms with Crippen LogP contribution in [-0.2, 0) is 0 Å². The molecule has 5 nitrogen and oxygen atoms in total. The highest BCUT2D eigenvalue weighted by Crippen LogP contribution is 2.32. The highest BCUT2D eigenvalue weighted by atomic mass is 35.5. The number of aromatic nitrogens is 4. The first kappa shape index (κ1) is 13.6. The average Bonchev–Trinajstić information content (AvgIpc) is 2.97. The number of halogens is 1. The van der Waals surface area contributed by atoms with Gasteiger partial charge in [0.15, 0.2) is 0 Å². The van der Waals surface area contributed by atoms with E-state index in [1.54, 1.807) is 16.8 Å². The Kier molecular flexibility index (Phi) is 3.86. The van der Waals surface area contributed by atoms with E-state index in [9.17, 15) is 5.26 Å². The molecule has 0 fully saturated rings. The molecule has 0 saturated carbocycles. The first-order valence-corrected chi connectivity index (χ1v) is 7.19. The Morgan fingerprint density at radius 2 is 1.90 bits per heavy atom. The fourth-order valence-corrected chi connectivity index (χ4v) is 2.95. The lowest BCUT2D eigenvalue weighted by atomic mass is 10.2. The topological polar surface area (TPSA) is 67.4 Å². The summed E-state index contributed by atoms with van der Waals surface area (Å²) in [5, 5.41) is 21.9. The van der Waals surface area contributed by atoms with Crippen LogP contribution in [0.15, 0.2) is 58.6 Å². The van der Waals surface area contributed by atoms with Gasteiger partial charge >= 0.3 is 0 Å². The van der Waals surface area contributed by atoms with Crippen LogP contribution in [0.2, 0.25) is 5.02 Å². The molecule has 0 atom stereocenters. The molecule has 0 spiro atoms. The van der Waals surface area contributed by atoms with Gasteiger partial charge in [-0.1, -0.05) is 35.9 Å². The van der Waals surface area contributed by atoms with Gasteiger partial charge in [0.05, 0.1) is 16.3 Å². The van der Waals surface area contributed by atoms with E-state index in [0.717, 1.165) is 10.6 Å². The van der Waals surface area contributed by atoms with Crippen molar-refractivity contribution >= 4 is 23.4 Å². The van der Waals surface area contributed by atoms with Crippen LogP contribution in [0.5, 0.6) is 0 Å². The summed E-state index contributed by atoms with van der Waals surface area (Å²) >= 11 is 7.33. The molecule has 3 aromatic rings. The summed E-state index contributed by atoms with van der Waals surface area (Å²) < 4.78 is 1.62. The molecule has 102 valence electrons. The first-order chi connectivity index (χ1) is 10.3. The van der Waals surface area contributed by atoms with Crippen molar-refractivity contribution in [3.8, 4) is 11.8 Å². The molecule has 0 saturated heterocycles. The van der Waals surface area contributed by atoms with Crippen LogP contribution < -0.4 is 0 Å². The van der Waals surface area contributed by atoms with Crippen molar-refractivity contribution in [2.24, 2.45) is 0 Å². The van der Waals surface area contributed by atoms with E-state index in [1.165, 1.54) is 11.8 Å². The van der Waals surface area contributed by atoms with Crippen molar-refractivity contribution in [3.05, 3.63) is 59.1 Å². The Morgan fingerprint density at radius 3 is 2.67 bits per heavy atom. The molecular weight excluding hydrogens is 306 g/mol. The van der Waals surface area contributed by atoms with Crippen LogP contribution in [-0.4, -0.2) is 20.2 Å². The van der Waals surface area contributed by atoms with Crippen LogP contribution in [0.4, 0.5) is 0 Å². The van der Waals surface area contributed by atoms with E-state index in [-0.39, 0.29) is 0 Å². The molecule has 3 rings (SSSR count). The predicted octanol–water partition coefficient (Wildman–Crippen LogP) is 3.34. The van der Waals surface area contributed by atoms with Crippen molar-refractivity contribution in [1.82, 2.24) is 20.2 Å². The molecule has 0 bridgehead atoms. The number of para-hydroxylation sites is 1. The molecule has 0 aliphatic heterocycles. The van der Waals surface area contributed by atoms with Crippen molar-refractivity contribution in [2.75, 3.05) is 0 Å². The van der Waals surface area contributed by atoms with Gasteiger partial charge in [0, 0.05) is 4.90 Å². The van der Waals surface area contributed by atoms with Crippen molar-refractivity contribution in [2.45, 2.75) is 10.1 Å². The third-order valence-electron chi connectivity index (χ3n) is 2.73. The van der Waals surface area contributed by atoms with E-state index < -0.39 is 0 Å². The first-order valence-electron chi connectivity index (χ1n) is 6.00. The fraction of sp³-hybridized carbons (Fsp3) is 0. The third-order valence-corrected chi connectivity index (χ3v) is 4.04. The number of nitriles is 1. The molecule has 0 N–H and O–H groups in total. The van der Waals surface area contributed by atoms with Crippen LogP contribution in [0.1, 0.15) is 5.56 Å². The summed E-state index contributed by atoms with van der Waals surface area (Å²) in [7, 11) is 0. The highest BCUT2D eigenvalue weighted by Gasteiger charge is 2.14. The Morgan fingerprint density at radius 1 is 1.10 bits per heavy atom. The zero-order chi connectivity index (χ0) is 14.7. The highest BCUT2D eigenvalue weighted by molar-refractivity contribution is 7.99. The molecule has 1 heterocycles. The second-order valence-electron chi connectivity index (χ2n) is 4.04. The predicted molar refractivity (Wildman–Crippen MR) is 79.4 cm³/mol. The van der Waals surface area contributed by atoms with Crippen LogP contribution >= 0.6 is 23.4 Å². The van der Waals surface area contributed by atoms with Crippen molar-refractivity contribution < 1.29 is 0 Å². The lowest BCUT2D eigenvalue weighted by molar-refractivity contribution is 0.756. The Balaban J connectivity index is 2.00. The normalized spacial score (nSPS) is 10.3. The van der Waals surface area contributed by atoms with E-state index >= 15 is 0 Å². The minimum absolute atomic E-state index is 0.418. The van der Waals surface area contributed by atoms with Gasteiger partial charge in [-0.2, -0.15) is 9.94 Å². The van der Waals surface area contributed by atoms with E-state index in [0.29, 0.717) is 15.7 Å². The second kappa shape index (κ2) is 5.95. The molecule has 0 amide bonds. The zero-order valence-electron chi connectivity index (χ0n) is 10.6. The van der Waals surface area contributed by atoms with E-state index in [1.807, 2.05) is 36.4 Å². The van der Waals surface area contributed by atoms with Gasteiger partial charge < -0.3 is 0 Å². The van der Waals surface area contributed by atoms with Crippen molar-refractivity contribution in [1.29, 1.82) is 5.26 Å². The van der Waals surface area contributed by atoms with Crippen molar-refractivity contribution in [3.63, 3.8) is 0 Å². The quantitative estimate of drug-likeness (QED) is 0.742. The van der Waals surface area contributed by atoms with Gasteiger partial charge in [-0.25, -0.2) is 0 Å². The molecule has 1 aromatic heterocycles. The van der Waals surface area contributed by atoms with E-state index in [4.69, 9.17) is 11.6 Å². The lowest BCUT2D eigenvalue weighted by Gasteiger charge is -2.05. The summed E-state index contributed by atoms with van der Waals surface area (Å²) in [5.74, 6) is 0. The smallest absolute Gasteiger partial charge is 0.192 e. The molecular formula is C14H8ClN5S. The largest absolute Gasteiger partial charge is 0.218 e. The minimum Gasteiger partial charge on any atom is -0.192 e. The van der Waals surface area contributed by atoms with Gasteiger partial charge in [0.2, 0.25) is 5.16 Å². The SMILES string of the molecule is N#Cc1c(Cl)cccc1Sc1nnnn1-c1ccccc1. The summed E-state index contributed by atoms with van der Waals surface area (Å²) in [6, 6.07) is 17.0. The van der Waals surface area contributed by atoms with Gasteiger partial charge in [-0.05, 0) is 46.5 Å². The standard InChI is InChI=1S/C14H8ClN5S/c15-12-7-4-8-13(11(12)9-16)21-14-17-18-19-20(14)10-5-2-1-3-6-10/h1-8H. The maximum absolute atomic E-state index is 9.21. The number of hydrogen-bond donors (Lipinski definition) is 0. The molecule has 2 aromatic carbocycles. The number of hydrogen-bond acceptors (Lipinski definition) is 5. The summed E-state index contributed by atoms with van der Waals surface area (Å²) in [6.07, 6.45) is 0. The van der Waals surface area contributed by atoms with Gasteiger partial charge in [0.25, 0.3) is 0 Å². The minimum atomic E-state index is 0.418. The Hall–Kier alpha value is -2.36. The number of tetrazole rings is 1. The molecule has 0 aliphatic rings. The summed E-state index contributed by atoms with van der Waals surface area (Å²) in [5.41, 5.74) is 1.28. The number of rotatable bonds is 3. The third kappa shape index (κ3) is 2.75. The molecule has 0 aliphatic carbocycles. The fourth-order valence-electron chi connectivity index (χ4n) is 1.77. The maximum atomic E-state index is 9.21. The molecule has 0 radical (unpaired) electrons. The lowest BCUT2D eigenvalue weighted by Crippen LogP contribution is -1.98. The number of benzene rings is 2.